The Bertz CT molecular complexity index is 915. The molecule has 0 saturated heterocycles. The van der Waals surface area contributed by atoms with Gasteiger partial charge in [-0.25, -0.2) is 4.98 Å². The third kappa shape index (κ3) is 4.75. The normalized spacial score (nSPS) is 11.1. The quantitative estimate of drug-likeness (QED) is 0.587. The molecule has 3 aromatic rings. The Morgan fingerprint density at radius 2 is 2.00 bits per heavy atom. The highest BCUT2D eigenvalue weighted by atomic mass is 32.2. The SMILES string of the molecule is CCc1nnc(SCC(=O)Nc2nc(-c3ccc(C)cc3)cs2)n1C(C)C. The average molecular weight is 402 g/mol. The summed E-state index contributed by atoms with van der Waals surface area (Å²) in [6.45, 7) is 8.29. The molecule has 3 rings (SSSR count). The fourth-order valence-electron chi connectivity index (χ4n) is 2.64. The largest absolute Gasteiger partial charge is 0.303 e. The van der Waals surface area contributed by atoms with Gasteiger partial charge >= 0.3 is 0 Å². The Balaban J connectivity index is 1.60. The molecule has 1 amide bonds. The Hall–Kier alpha value is -2.19. The van der Waals surface area contributed by atoms with Gasteiger partial charge < -0.3 is 9.88 Å². The molecule has 0 unspecified atom stereocenters. The topological polar surface area (TPSA) is 72.7 Å². The molecule has 1 aromatic carbocycles. The van der Waals surface area contributed by atoms with Crippen LogP contribution in [-0.4, -0.2) is 31.4 Å². The summed E-state index contributed by atoms with van der Waals surface area (Å²) >= 11 is 2.83. The highest BCUT2D eigenvalue weighted by Gasteiger charge is 2.16. The lowest BCUT2D eigenvalue weighted by atomic mass is 10.1. The number of thiazole rings is 1. The van der Waals surface area contributed by atoms with E-state index in [0.29, 0.717) is 5.13 Å². The van der Waals surface area contributed by atoms with Crippen molar-refractivity contribution < 1.29 is 4.79 Å². The molecule has 8 heteroatoms. The van der Waals surface area contributed by atoms with Crippen LogP contribution in [0.4, 0.5) is 5.13 Å². The summed E-state index contributed by atoms with van der Waals surface area (Å²) in [5.74, 6) is 1.12. The maximum Gasteiger partial charge on any atom is 0.236 e. The monoisotopic (exact) mass is 401 g/mol. The molecule has 2 heterocycles. The van der Waals surface area contributed by atoms with E-state index in [4.69, 9.17) is 0 Å². The van der Waals surface area contributed by atoms with Crippen LogP contribution in [0.15, 0.2) is 34.8 Å². The van der Waals surface area contributed by atoms with Crippen LogP contribution in [0.5, 0.6) is 0 Å². The Kier molecular flexibility index (Phi) is 6.28. The number of rotatable bonds is 7. The van der Waals surface area contributed by atoms with Gasteiger partial charge in [0.25, 0.3) is 0 Å². The summed E-state index contributed by atoms with van der Waals surface area (Å²) in [5.41, 5.74) is 3.12. The summed E-state index contributed by atoms with van der Waals surface area (Å²) < 4.78 is 2.08. The molecule has 0 spiro atoms. The molecule has 6 nitrogen and oxygen atoms in total. The van der Waals surface area contributed by atoms with Gasteiger partial charge in [-0.1, -0.05) is 48.5 Å². The van der Waals surface area contributed by atoms with Crippen molar-refractivity contribution in [3.8, 4) is 11.3 Å². The first-order chi connectivity index (χ1) is 13.0. The Morgan fingerprint density at radius 3 is 2.67 bits per heavy atom. The summed E-state index contributed by atoms with van der Waals surface area (Å²) in [5, 5.41) is 14.6. The third-order valence-corrected chi connectivity index (χ3v) is 5.70. The van der Waals surface area contributed by atoms with Crippen molar-refractivity contribution in [3.63, 3.8) is 0 Å². The molecule has 27 heavy (non-hydrogen) atoms. The maximum atomic E-state index is 12.3. The van der Waals surface area contributed by atoms with Gasteiger partial charge in [0.05, 0.1) is 11.4 Å². The van der Waals surface area contributed by atoms with Crippen molar-refractivity contribution in [2.45, 2.75) is 45.3 Å². The first kappa shape index (κ1) is 19.6. The number of nitrogens with zero attached hydrogens (tertiary/aromatic N) is 4. The van der Waals surface area contributed by atoms with E-state index in [2.05, 4.69) is 64.9 Å². The van der Waals surface area contributed by atoms with Gasteiger partial charge in [0, 0.05) is 23.4 Å². The van der Waals surface area contributed by atoms with Gasteiger partial charge in [-0.3, -0.25) is 4.79 Å². The number of aryl methyl sites for hydroxylation is 2. The van der Waals surface area contributed by atoms with E-state index in [1.807, 2.05) is 17.5 Å². The second kappa shape index (κ2) is 8.67. The number of thioether (sulfide) groups is 1. The molecule has 0 atom stereocenters. The van der Waals surface area contributed by atoms with Crippen LogP contribution in [0, 0.1) is 6.92 Å². The lowest BCUT2D eigenvalue weighted by Crippen LogP contribution is -2.15. The number of hydrogen-bond donors (Lipinski definition) is 1. The number of nitrogens with one attached hydrogen (secondary N) is 1. The van der Waals surface area contributed by atoms with Gasteiger partial charge in [-0.2, -0.15) is 0 Å². The van der Waals surface area contributed by atoms with Crippen molar-refractivity contribution in [3.05, 3.63) is 41.0 Å². The summed E-state index contributed by atoms with van der Waals surface area (Å²) in [7, 11) is 0. The minimum Gasteiger partial charge on any atom is -0.303 e. The fourth-order valence-corrected chi connectivity index (χ4v) is 4.26. The zero-order valence-electron chi connectivity index (χ0n) is 15.9. The van der Waals surface area contributed by atoms with E-state index in [-0.39, 0.29) is 17.7 Å². The van der Waals surface area contributed by atoms with Crippen LogP contribution < -0.4 is 5.32 Å². The van der Waals surface area contributed by atoms with Gasteiger partial charge in [0.2, 0.25) is 5.91 Å². The number of hydrogen-bond acceptors (Lipinski definition) is 6. The highest BCUT2D eigenvalue weighted by molar-refractivity contribution is 7.99. The number of aromatic nitrogens is 4. The molecule has 0 bridgehead atoms. The molecular weight excluding hydrogens is 378 g/mol. The second-order valence-corrected chi connectivity index (χ2v) is 8.26. The van der Waals surface area contributed by atoms with Crippen LogP contribution in [0.1, 0.15) is 38.2 Å². The van der Waals surface area contributed by atoms with Gasteiger partial charge in [-0.05, 0) is 20.8 Å². The molecule has 0 fully saturated rings. The van der Waals surface area contributed by atoms with Crippen LogP contribution >= 0.6 is 23.1 Å². The standard InChI is InChI=1S/C19H23N5OS2/c1-5-16-22-23-19(24(16)12(2)3)27-11-17(25)21-18-20-15(10-26-18)14-8-6-13(4)7-9-14/h6-10,12H,5,11H2,1-4H3,(H,20,21,25). The predicted octanol–water partition coefficient (Wildman–Crippen LogP) is 4.58. The summed E-state index contributed by atoms with van der Waals surface area (Å²) in [4.78, 5) is 16.8. The first-order valence-corrected chi connectivity index (χ1v) is 10.7. The molecule has 0 radical (unpaired) electrons. The minimum atomic E-state index is -0.0961. The van der Waals surface area contributed by atoms with E-state index in [1.165, 1.54) is 28.7 Å². The van der Waals surface area contributed by atoms with E-state index in [9.17, 15) is 4.79 Å². The maximum absolute atomic E-state index is 12.3. The summed E-state index contributed by atoms with van der Waals surface area (Å²) in [6.07, 6.45) is 0.818. The lowest BCUT2D eigenvalue weighted by Gasteiger charge is -2.12. The zero-order valence-corrected chi connectivity index (χ0v) is 17.5. The van der Waals surface area contributed by atoms with E-state index in [0.717, 1.165) is 28.7 Å². The number of carbonyl (C=O) groups is 1. The van der Waals surface area contributed by atoms with Crippen LogP contribution in [0.25, 0.3) is 11.3 Å². The van der Waals surface area contributed by atoms with Crippen molar-refractivity contribution >= 4 is 34.1 Å². The van der Waals surface area contributed by atoms with Crippen molar-refractivity contribution in [2.75, 3.05) is 11.1 Å². The Morgan fingerprint density at radius 1 is 1.26 bits per heavy atom. The molecule has 0 aliphatic rings. The Labute approximate surface area is 167 Å². The highest BCUT2D eigenvalue weighted by Crippen LogP contribution is 2.26. The predicted molar refractivity (Wildman–Crippen MR) is 111 cm³/mol. The smallest absolute Gasteiger partial charge is 0.236 e. The second-order valence-electron chi connectivity index (χ2n) is 6.46. The third-order valence-electron chi connectivity index (χ3n) is 4.00. The molecular formula is C19H23N5OS2. The molecule has 0 aliphatic heterocycles. The van der Waals surface area contributed by atoms with Crippen LogP contribution in [0.3, 0.4) is 0 Å². The van der Waals surface area contributed by atoms with Crippen molar-refractivity contribution in [2.24, 2.45) is 0 Å². The zero-order chi connectivity index (χ0) is 19.4. The van der Waals surface area contributed by atoms with Crippen molar-refractivity contribution in [1.82, 2.24) is 19.7 Å². The molecule has 1 N–H and O–H groups in total. The molecule has 0 saturated carbocycles. The number of amides is 1. The fraction of sp³-hybridized carbons (Fsp3) is 0.368. The van der Waals surface area contributed by atoms with E-state index < -0.39 is 0 Å². The van der Waals surface area contributed by atoms with Gasteiger partial charge in [-0.15, -0.1) is 21.5 Å². The van der Waals surface area contributed by atoms with E-state index in [1.54, 1.807) is 0 Å². The van der Waals surface area contributed by atoms with Crippen molar-refractivity contribution in [1.29, 1.82) is 0 Å². The van der Waals surface area contributed by atoms with Crippen LogP contribution in [-0.2, 0) is 11.2 Å². The molecule has 142 valence electrons. The molecule has 2 aromatic heterocycles. The van der Waals surface area contributed by atoms with E-state index >= 15 is 0 Å². The molecule has 0 aliphatic carbocycles. The lowest BCUT2D eigenvalue weighted by molar-refractivity contribution is -0.113. The van der Waals surface area contributed by atoms with Gasteiger partial charge in [0.1, 0.15) is 5.82 Å². The minimum absolute atomic E-state index is 0.0961. The first-order valence-electron chi connectivity index (χ1n) is 8.87. The number of carbonyl (C=O) groups excluding carboxylic acids is 1. The van der Waals surface area contributed by atoms with Gasteiger partial charge in [0.15, 0.2) is 10.3 Å². The van der Waals surface area contributed by atoms with Crippen LogP contribution in [0.2, 0.25) is 0 Å². The summed E-state index contributed by atoms with van der Waals surface area (Å²) in [6, 6.07) is 8.45. The number of benzene rings is 1. The average Bonchev–Trinajstić information content (AvgIpc) is 3.27. The number of anilines is 1.